The zero-order valence-electron chi connectivity index (χ0n) is 15.7. The number of benzene rings is 1. The highest BCUT2D eigenvalue weighted by molar-refractivity contribution is 5.78. The van der Waals surface area contributed by atoms with Crippen molar-refractivity contribution in [3.8, 4) is 17.2 Å². The smallest absolute Gasteiger partial charge is 0.226 e. The minimum absolute atomic E-state index is 0.0197. The first-order valence-electron chi connectivity index (χ1n) is 9.18. The molecule has 0 spiro atoms. The van der Waals surface area contributed by atoms with Crippen molar-refractivity contribution < 1.29 is 13.9 Å². The first-order chi connectivity index (χ1) is 12.6. The summed E-state index contributed by atoms with van der Waals surface area (Å²) < 4.78 is 10.9. The van der Waals surface area contributed by atoms with E-state index >= 15 is 0 Å². The number of hydrogen-bond donors (Lipinski definition) is 1. The fourth-order valence-electron chi connectivity index (χ4n) is 3.24. The molecule has 1 aromatic carbocycles. The summed E-state index contributed by atoms with van der Waals surface area (Å²) in [5, 5.41) is 3.02. The molecular weight excluding hydrogens is 330 g/mol. The second-order valence-corrected chi connectivity index (χ2v) is 6.82. The van der Waals surface area contributed by atoms with Gasteiger partial charge in [0.2, 0.25) is 11.8 Å². The Morgan fingerprint density at radius 3 is 2.65 bits per heavy atom. The molecule has 6 heteroatoms. The first-order valence-corrected chi connectivity index (χ1v) is 9.18. The van der Waals surface area contributed by atoms with Gasteiger partial charge in [0.05, 0.1) is 19.2 Å². The van der Waals surface area contributed by atoms with E-state index in [1.807, 2.05) is 31.2 Å². The Morgan fingerprint density at radius 1 is 1.31 bits per heavy atom. The van der Waals surface area contributed by atoms with E-state index in [1.165, 1.54) is 12.8 Å². The van der Waals surface area contributed by atoms with Crippen LogP contribution < -0.4 is 10.1 Å². The highest BCUT2D eigenvalue weighted by atomic mass is 16.5. The van der Waals surface area contributed by atoms with Crippen molar-refractivity contribution >= 4 is 5.91 Å². The summed E-state index contributed by atoms with van der Waals surface area (Å²) in [5.41, 5.74) is 1.55. The maximum Gasteiger partial charge on any atom is 0.226 e. The molecule has 0 saturated carbocycles. The molecule has 1 amide bonds. The van der Waals surface area contributed by atoms with Crippen molar-refractivity contribution in [3.05, 3.63) is 35.7 Å². The molecule has 6 nitrogen and oxygen atoms in total. The summed E-state index contributed by atoms with van der Waals surface area (Å²) >= 11 is 0. The lowest BCUT2D eigenvalue weighted by Gasteiger charge is -2.23. The van der Waals surface area contributed by atoms with E-state index in [0.717, 1.165) is 24.4 Å². The van der Waals surface area contributed by atoms with E-state index in [-0.39, 0.29) is 12.3 Å². The van der Waals surface area contributed by atoms with Gasteiger partial charge in [-0.1, -0.05) is 0 Å². The van der Waals surface area contributed by atoms with Gasteiger partial charge in [-0.25, -0.2) is 4.98 Å². The van der Waals surface area contributed by atoms with Gasteiger partial charge in [0, 0.05) is 18.2 Å². The molecule has 2 heterocycles. The number of nitrogens with zero attached hydrogens (tertiary/aromatic N) is 2. The van der Waals surface area contributed by atoms with Crippen molar-refractivity contribution in [1.82, 2.24) is 15.2 Å². The van der Waals surface area contributed by atoms with Gasteiger partial charge in [-0.15, -0.1) is 0 Å². The summed E-state index contributed by atoms with van der Waals surface area (Å²) in [6, 6.07) is 7.88. The van der Waals surface area contributed by atoms with E-state index < -0.39 is 0 Å². The van der Waals surface area contributed by atoms with E-state index in [1.54, 1.807) is 7.11 Å². The maximum absolute atomic E-state index is 12.3. The number of methoxy groups -OCH3 is 1. The van der Waals surface area contributed by atoms with Gasteiger partial charge in [0.15, 0.2) is 0 Å². The molecule has 1 atom stereocenters. The fraction of sp³-hybridized carbons (Fsp3) is 0.500. The number of hydrogen-bond acceptors (Lipinski definition) is 5. The van der Waals surface area contributed by atoms with Crippen LogP contribution in [0.3, 0.4) is 0 Å². The molecule has 1 aliphatic heterocycles. The van der Waals surface area contributed by atoms with Crippen LogP contribution >= 0.6 is 0 Å². The lowest BCUT2D eigenvalue weighted by atomic mass is 10.2. The van der Waals surface area contributed by atoms with Gasteiger partial charge < -0.3 is 14.5 Å². The highest BCUT2D eigenvalue weighted by Crippen LogP contribution is 2.24. The zero-order chi connectivity index (χ0) is 18.5. The molecular formula is C20H27N3O3. The van der Waals surface area contributed by atoms with Gasteiger partial charge in [-0.05, 0) is 64.0 Å². The Bertz CT molecular complexity index is 733. The number of nitrogens with one attached hydrogen (secondary N) is 1. The normalized spacial score (nSPS) is 15.8. The lowest BCUT2D eigenvalue weighted by molar-refractivity contribution is -0.120. The average molecular weight is 357 g/mol. The van der Waals surface area contributed by atoms with Crippen LogP contribution in [0.5, 0.6) is 5.75 Å². The Morgan fingerprint density at radius 2 is 2.00 bits per heavy atom. The van der Waals surface area contributed by atoms with Gasteiger partial charge >= 0.3 is 0 Å². The molecule has 1 aromatic heterocycles. The summed E-state index contributed by atoms with van der Waals surface area (Å²) in [6.45, 7) is 6.93. The summed E-state index contributed by atoms with van der Waals surface area (Å²) in [5.74, 6) is 1.97. The van der Waals surface area contributed by atoms with Gasteiger partial charge in [0.1, 0.15) is 11.5 Å². The van der Waals surface area contributed by atoms with E-state index in [0.29, 0.717) is 29.9 Å². The number of likely N-dealkylation sites (tertiary alicyclic amines) is 1. The van der Waals surface area contributed by atoms with Gasteiger partial charge in [0.25, 0.3) is 0 Å². The SMILES string of the molecule is COc1ccc(-c2nc(CC(=O)NCC(C)N3CCCC3)c(C)o2)cc1. The minimum Gasteiger partial charge on any atom is -0.497 e. The van der Waals surface area contributed by atoms with Gasteiger partial charge in [-0.3, -0.25) is 9.69 Å². The lowest BCUT2D eigenvalue weighted by Crippen LogP contribution is -2.41. The van der Waals surface area contributed by atoms with Crippen LogP contribution in [-0.2, 0) is 11.2 Å². The number of aromatic nitrogens is 1. The Labute approximate surface area is 154 Å². The number of rotatable bonds is 7. The van der Waals surface area contributed by atoms with Crippen molar-refractivity contribution in [2.24, 2.45) is 0 Å². The highest BCUT2D eigenvalue weighted by Gasteiger charge is 2.19. The van der Waals surface area contributed by atoms with Crippen LogP contribution in [-0.4, -0.2) is 48.6 Å². The quantitative estimate of drug-likeness (QED) is 0.825. The number of ether oxygens (including phenoxy) is 1. The molecule has 1 saturated heterocycles. The van der Waals surface area contributed by atoms with Crippen LogP contribution in [0, 0.1) is 6.92 Å². The minimum atomic E-state index is -0.0197. The van der Waals surface area contributed by atoms with Crippen LogP contribution in [0.15, 0.2) is 28.7 Å². The topological polar surface area (TPSA) is 67.6 Å². The van der Waals surface area contributed by atoms with Crippen molar-refractivity contribution in [2.75, 3.05) is 26.7 Å². The predicted molar refractivity (Wildman–Crippen MR) is 100 cm³/mol. The number of carbonyl (C=O) groups is 1. The number of carbonyl (C=O) groups excluding carboxylic acids is 1. The van der Waals surface area contributed by atoms with Gasteiger partial charge in [-0.2, -0.15) is 0 Å². The van der Waals surface area contributed by atoms with E-state index in [9.17, 15) is 4.79 Å². The molecule has 0 aliphatic carbocycles. The molecule has 0 bridgehead atoms. The molecule has 1 unspecified atom stereocenters. The third-order valence-electron chi connectivity index (χ3n) is 4.92. The molecule has 140 valence electrons. The summed E-state index contributed by atoms with van der Waals surface area (Å²) in [4.78, 5) is 19.2. The molecule has 3 rings (SSSR count). The standard InChI is InChI=1S/C20H27N3O3/c1-14(23-10-4-5-11-23)13-21-19(24)12-18-15(2)26-20(22-18)16-6-8-17(25-3)9-7-16/h6-9,14H,4-5,10-13H2,1-3H3,(H,21,24). The molecule has 26 heavy (non-hydrogen) atoms. The van der Waals surface area contributed by atoms with Crippen molar-refractivity contribution in [3.63, 3.8) is 0 Å². The zero-order valence-corrected chi connectivity index (χ0v) is 15.7. The third-order valence-corrected chi connectivity index (χ3v) is 4.92. The van der Waals surface area contributed by atoms with Crippen molar-refractivity contribution in [1.29, 1.82) is 0 Å². The molecule has 0 radical (unpaired) electrons. The van der Waals surface area contributed by atoms with Crippen LogP contribution in [0.4, 0.5) is 0 Å². The second kappa shape index (κ2) is 8.36. The predicted octanol–water partition coefficient (Wildman–Crippen LogP) is 2.80. The van der Waals surface area contributed by atoms with E-state index in [2.05, 4.69) is 22.1 Å². The summed E-state index contributed by atoms with van der Waals surface area (Å²) in [6.07, 6.45) is 2.74. The fourth-order valence-corrected chi connectivity index (χ4v) is 3.24. The third kappa shape index (κ3) is 4.43. The summed E-state index contributed by atoms with van der Waals surface area (Å²) in [7, 11) is 1.63. The second-order valence-electron chi connectivity index (χ2n) is 6.82. The monoisotopic (exact) mass is 357 g/mol. The number of aryl methyl sites for hydroxylation is 1. The Kier molecular flexibility index (Phi) is 5.93. The van der Waals surface area contributed by atoms with Crippen LogP contribution in [0.2, 0.25) is 0 Å². The van der Waals surface area contributed by atoms with Crippen LogP contribution in [0.1, 0.15) is 31.2 Å². The molecule has 1 N–H and O–H groups in total. The van der Waals surface area contributed by atoms with Crippen LogP contribution in [0.25, 0.3) is 11.5 Å². The largest absolute Gasteiger partial charge is 0.497 e. The Balaban J connectivity index is 1.57. The molecule has 2 aromatic rings. The maximum atomic E-state index is 12.3. The Hall–Kier alpha value is -2.34. The molecule has 1 fully saturated rings. The average Bonchev–Trinajstić information content (AvgIpc) is 3.30. The molecule has 1 aliphatic rings. The first kappa shape index (κ1) is 18.5. The number of oxazole rings is 1. The number of amides is 1. The van der Waals surface area contributed by atoms with E-state index in [4.69, 9.17) is 9.15 Å². The van der Waals surface area contributed by atoms with Crippen molar-refractivity contribution in [2.45, 2.75) is 39.2 Å².